The summed E-state index contributed by atoms with van der Waals surface area (Å²) in [6.07, 6.45) is 14.9. The smallest absolute Gasteiger partial charge is 0.0117 e. The molecule has 3 atom stereocenters. The molecule has 1 fully saturated rings. The summed E-state index contributed by atoms with van der Waals surface area (Å²) in [5.41, 5.74) is 1.32. The molecule has 3 rings (SSSR count). The molecule has 0 spiro atoms. The Morgan fingerprint density at radius 1 is 1.20 bits per heavy atom. The summed E-state index contributed by atoms with van der Waals surface area (Å²) in [5, 5.41) is 0. The second-order valence-electron chi connectivity index (χ2n) is 6.42. The lowest BCUT2D eigenvalue weighted by Crippen LogP contribution is -2.28. The van der Waals surface area contributed by atoms with Crippen molar-refractivity contribution in [2.24, 2.45) is 17.8 Å². The van der Waals surface area contributed by atoms with Crippen LogP contribution in [0.3, 0.4) is 0 Å². The molecule has 0 aliphatic heterocycles. The number of unbranched alkanes of at least 4 members (excludes halogenated alkanes) is 1. The lowest BCUT2D eigenvalue weighted by molar-refractivity contribution is 0.279. The Labute approximate surface area is 123 Å². The number of allylic oxidation sites excluding steroid dienone is 2. The molecule has 2 bridgehead atoms. The topological polar surface area (TPSA) is 3.24 Å². The fourth-order valence-electron chi connectivity index (χ4n) is 3.69. The molecule has 2 aliphatic rings. The van der Waals surface area contributed by atoms with Crippen LogP contribution >= 0.6 is 0 Å². The lowest BCUT2D eigenvalue weighted by atomic mass is 9.93. The van der Waals surface area contributed by atoms with Crippen molar-refractivity contribution in [2.75, 3.05) is 13.1 Å². The third-order valence-corrected chi connectivity index (χ3v) is 4.85. The first-order valence-electron chi connectivity index (χ1n) is 8.17. The van der Waals surface area contributed by atoms with Gasteiger partial charge in [0.25, 0.3) is 0 Å². The Morgan fingerprint density at radius 3 is 2.70 bits per heavy atom. The lowest BCUT2D eigenvalue weighted by Gasteiger charge is -2.29. The number of fused-ring (bicyclic) bond motifs is 2. The van der Waals surface area contributed by atoms with Crippen LogP contribution in [0.2, 0.25) is 0 Å². The molecule has 3 unspecified atom stereocenters. The molecule has 1 nitrogen and oxygen atoms in total. The molecule has 1 heteroatoms. The van der Waals surface area contributed by atoms with Gasteiger partial charge in [-0.25, -0.2) is 0 Å². The maximum absolute atomic E-state index is 2.55. The molecule has 108 valence electrons. The van der Waals surface area contributed by atoms with Crippen LogP contribution in [0.1, 0.15) is 38.2 Å². The molecule has 20 heavy (non-hydrogen) atoms. The van der Waals surface area contributed by atoms with Gasteiger partial charge in [-0.1, -0.05) is 31.7 Å². The molecule has 2 aliphatic carbocycles. The van der Waals surface area contributed by atoms with E-state index >= 15 is 0 Å². The second kappa shape index (κ2) is 6.39. The Bertz CT molecular complexity index is 454. The van der Waals surface area contributed by atoms with E-state index in [1.807, 2.05) is 0 Å². The summed E-state index contributed by atoms with van der Waals surface area (Å²) < 4.78 is 0. The van der Waals surface area contributed by atoms with Crippen LogP contribution < -0.4 is 0 Å². The highest BCUT2D eigenvalue weighted by Gasteiger charge is 2.35. The maximum Gasteiger partial charge on any atom is 0.0117 e. The van der Waals surface area contributed by atoms with Gasteiger partial charge >= 0.3 is 0 Å². The monoisotopic (exact) mass is 268 g/mol. The van der Waals surface area contributed by atoms with Gasteiger partial charge in [-0.3, -0.25) is 0 Å². The van der Waals surface area contributed by atoms with Crippen LogP contribution in [0.25, 0.3) is 6.08 Å². The molecule has 1 aromatic carbocycles. The van der Waals surface area contributed by atoms with Crippen molar-refractivity contribution >= 4 is 6.08 Å². The molecular formula is C19H26N-. The zero-order chi connectivity index (χ0) is 13.8. The third kappa shape index (κ3) is 3.20. The van der Waals surface area contributed by atoms with E-state index in [1.165, 1.54) is 44.3 Å². The predicted molar refractivity (Wildman–Crippen MR) is 86.4 cm³/mol. The Balaban J connectivity index is 1.59. The van der Waals surface area contributed by atoms with Crippen molar-refractivity contribution in [1.29, 1.82) is 0 Å². The molecule has 0 N–H and O–H groups in total. The fourth-order valence-corrected chi connectivity index (χ4v) is 3.69. The van der Waals surface area contributed by atoms with E-state index in [2.05, 4.69) is 60.5 Å². The minimum Gasteiger partial charge on any atom is -0.416 e. The van der Waals surface area contributed by atoms with E-state index in [9.17, 15) is 0 Å². The number of hydrogen-bond acceptors (Lipinski definition) is 1. The van der Waals surface area contributed by atoms with Crippen LogP contribution in [-0.2, 0) is 0 Å². The van der Waals surface area contributed by atoms with Crippen LogP contribution in [0.5, 0.6) is 0 Å². The minimum absolute atomic E-state index is 0.858. The average molecular weight is 268 g/mol. The van der Waals surface area contributed by atoms with Gasteiger partial charge in [-0.15, -0.1) is 23.8 Å². The molecular weight excluding hydrogens is 242 g/mol. The van der Waals surface area contributed by atoms with Gasteiger partial charge in [0.2, 0.25) is 0 Å². The minimum atomic E-state index is 0.858. The highest BCUT2D eigenvalue weighted by atomic mass is 15.1. The molecule has 0 aromatic heterocycles. The normalized spacial score (nSPS) is 27.8. The molecule has 0 saturated heterocycles. The average Bonchev–Trinajstić information content (AvgIpc) is 3.18. The molecule has 1 aromatic rings. The van der Waals surface area contributed by atoms with E-state index in [1.54, 1.807) is 0 Å². The zero-order valence-corrected chi connectivity index (χ0v) is 12.5. The van der Waals surface area contributed by atoms with Crippen molar-refractivity contribution in [3.05, 3.63) is 48.2 Å². The summed E-state index contributed by atoms with van der Waals surface area (Å²) >= 11 is 0. The SMILES string of the molecule is CCCCN(/C=C/[c-]1cccc1)CC1CC2C=CC1C2. The quantitative estimate of drug-likeness (QED) is 0.512. The first-order chi connectivity index (χ1) is 9.85. The fraction of sp³-hybridized carbons (Fsp3) is 0.526. The number of rotatable bonds is 7. The molecule has 0 heterocycles. The number of nitrogens with zero attached hydrogens (tertiary/aromatic N) is 1. The van der Waals surface area contributed by atoms with Gasteiger partial charge in [0, 0.05) is 13.1 Å². The van der Waals surface area contributed by atoms with E-state index in [-0.39, 0.29) is 0 Å². The summed E-state index contributed by atoms with van der Waals surface area (Å²) in [6, 6.07) is 8.57. The van der Waals surface area contributed by atoms with E-state index in [0.29, 0.717) is 0 Å². The predicted octanol–water partition coefficient (Wildman–Crippen LogP) is 4.69. The van der Waals surface area contributed by atoms with Crippen molar-refractivity contribution in [1.82, 2.24) is 4.90 Å². The number of hydrogen-bond donors (Lipinski definition) is 0. The van der Waals surface area contributed by atoms with E-state index in [0.717, 1.165) is 17.8 Å². The standard InChI is InChI=1S/C19H26N/c1-2-3-11-20(12-10-16-6-4-5-7-16)15-19-14-17-8-9-18(19)13-17/h4-10,12,17-19H,2-3,11,13-15H2,1H3/q-1/b12-10+. The van der Waals surface area contributed by atoms with E-state index < -0.39 is 0 Å². The van der Waals surface area contributed by atoms with Crippen LogP contribution in [-0.4, -0.2) is 18.0 Å². The van der Waals surface area contributed by atoms with Crippen molar-refractivity contribution in [2.45, 2.75) is 32.6 Å². The summed E-state index contributed by atoms with van der Waals surface area (Å²) in [6.45, 7) is 4.72. The van der Waals surface area contributed by atoms with Gasteiger partial charge in [0.15, 0.2) is 0 Å². The van der Waals surface area contributed by atoms with Crippen molar-refractivity contribution in [3.63, 3.8) is 0 Å². The highest BCUT2D eigenvalue weighted by molar-refractivity contribution is 5.49. The first kappa shape index (κ1) is 13.6. The zero-order valence-electron chi connectivity index (χ0n) is 12.5. The summed E-state index contributed by atoms with van der Waals surface area (Å²) in [4.78, 5) is 2.55. The Hall–Kier alpha value is -1.37. The van der Waals surface area contributed by atoms with Gasteiger partial charge in [0.05, 0.1) is 0 Å². The Morgan fingerprint density at radius 2 is 2.05 bits per heavy atom. The van der Waals surface area contributed by atoms with Gasteiger partial charge < -0.3 is 4.90 Å². The largest absolute Gasteiger partial charge is 0.416 e. The van der Waals surface area contributed by atoms with Crippen LogP contribution in [0.15, 0.2) is 42.6 Å². The van der Waals surface area contributed by atoms with E-state index in [4.69, 9.17) is 0 Å². The highest BCUT2D eigenvalue weighted by Crippen LogP contribution is 2.43. The van der Waals surface area contributed by atoms with Crippen LogP contribution in [0, 0.1) is 17.8 Å². The molecule has 1 saturated carbocycles. The van der Waals surface area contributed by atoms with Crippen molar-refractivity contribution < 1.29 is 0 Å². The maximum atomic E-state index is 2.55. The van der Waals surface area contributed by atoms with Crippen molar-refractivity contribution in [3.8, 4) is 0 Å². The summed E-state index contributed by atoms with van der Waals surface area (Å²) in [7, 11) is 0. The molecule has 0 amide bonds. The molecule has 0 radical (unpaired) electrons. The van der Waals surface area contributed by atoms with Gasteiger partial charge in [0.1, 0.15) is 0 Å². The van der Waals surface area contributed by atoms with Gasteiger partial charge in [-0.2, -0.15) is 12.1 Å². The van der Waals surface area contributed by atoms with Crippen LogP contribution in [0.4, 0.5) is 0 Å². The summed E-state index contributed by atoms with van der Waals surface area (Å²) in [5.74, 6) is 2.62. The Kier molecular flexibility index (Phi) is 4.34. The second-order valence-corrected chi connectivity index (χ2v) is 6.42. The van der Waals surface area contributed by atoms with Gasteiger partial charge in [-0.05, 0) is 37.0 Å². The first-order valence-corrected chi connectivity index (χ1v) is 8.17. The third-order valence-electron chi connectivity index (χ3n) is 4.85.